The van der Waals surface area contributed by atoms with Crippen molar-refractivity contribution in [3.05, 3.63) is 0 Å². The molecule has 1 unspecified atom stereocenters. The first-order chi connectivity index (χ1) is 5.36. The third kappa shape index (κ3) is 2.48. The second kappa shape index (κ2) is 4.31. The van der Waals surface area contributed by atoms with Crippen LogP contribution < -0.4 is 0 Å². The summed E-state index contributed by atoms with van der Waals surface area (Å²) in [6.45, 7) is 4.33. The normalized spacial score (nSPS) is 25.2. The van der Waals surface area contributed by atoms with Gasteiger partial charge in [0.15, 0.2) is 6.29 Å². The van der Waals surface area contributed by atoms with Crippen molar-refractivity contribution in [3.63, 3.8) is 0 Å². The van der Waals surface area contributed by atoms with Gasteiger partial charge in [-0.3, -0.25) is 4.79 Å². The fraction of sp³-hybridized carbons (Fsp3) is 0.857. The largest absolute Gasteiger partial charge is 0.351 e. The molecule has 0 aromatic rings. The van der Waals surface area contributed by atoms with Crippen LogP contribution in [0.5, 0.6) is 0 Å². The molecule has 1 amide bonds. The van der Waals surface area contributed by atoms with Crippen LogP contribution in [0.25, 0.3) is 0 Å². The molecule has 0 aromatic carbocycles. The maximum Gasteiger partial charge on any atom is 0.209 e. The van der Waals surface area contributed by atoms with Gasteiger partial charge in [-0.15, -0.1) is 0 Å². The van der Waals surface area contributed by atoms with Crippen LogP contribution in [0.3, 0.4) is 0 Å². The van der Waals surface area contributed by atoms with Crippen LogP contribution in [0, 0.1) is 0 Å². The predicted octanol–water partition coefficient (Wildman–Crippen LogP) is -0.162. The molecule has 1 saturated heterocycles. The van der Waals surface area contributed by atoms with Crippen LogP contribution >= 0.6 is 0 Å². The lowest BCUT2D eigenvalue weighted by Gasteiger charge is -2.29. The molecule has 11 heavy (non-hydrogen) atoms. The Bertz CT molecular complexity index is 127. The Kier molecular flexibility index (Phi) is 3.32. The SMILES string of the molecule is CCOC1CN(C=O)CCO1. The van der Waals surface area contributed by atoms with Gasteiger partial charge in [0.1, 0.15) is 0 Å². The third-order valence-corrected chi connectivity index (χ3v) is 1.57. The first kappa shape index (κ1) is 8.49. The van der Waals surface area contributed by atoms with Gasteiger partial charge in [-0.2, -0.15) is 0 Å². The Balaban J connectivity index is 2.27. The summed E-state index contributed by atoms with van der Waals surface area (Å²) in [6, 6.07) is 0. The van der Waals surface area contributed by atoms with Gasteiger partial charge in [-0.05, 0) is 6.92 Å². The topological polar surface area (TPSA) is 38.8 Å². The second-order valence-electron chi connectivity index (χ2n) is 2.36. The van der Waals surface area contributed by atoms with Crippen LogP contribution in [0.15, 0.2) is 0 Å². The van der Waals surface area contributed by atoms with Crippen molar-refractivity contribution in [1.29, 1.82) is 0 Å². The van der Waals surface area contributed by atoms with Crippen LogP contribution in [-0.4, -0.2) is 43.9 Å². The maximum absolute atomic E-state index is 10.3. The van der Waals surface area contributed by atoms with E-state index in [9.17, 15) is 4.79 Å². The highest BCUT2D eigenvalue weighted by Crippen LogP contribution is 2.03. The lowest BCUT2D eigenvalue weighted by molar-refractivity contribution is -0.178. The molecule has 64 valence electrons. The molecular weight excluding hydrogens is 146 g/mol. The summed E-state index contributed by atoms with van der Waals surface area (Å²) in [7, 11) is 0. The zero-order valence-electron chi connectivity index (χ0n) is 6.66. The van der Waals surface area contributed by atoms with Crippen LogP contribution in [0.4, 0.5) is 0 Å². The van der Waals surface area contributed by atoms with Gasteiger partial charge in [-0.1, -0.05) is 0 Å². The fourth-order valence-electron chi connectivity index (χ4n) is 1.02. The molecule has 1 atom stereocenters. The van der Waals surface area contributed by atoms with Gasteiger partial charge < -0.3 is 14.4 Å². The van der Waals surface area contributed by atoms with Crippen molar-refractivity contribution in [2.75, 3.05) is 26.3 Å². The van der Waals surface area contributed by atoms with E-state index in [2.05, 4.69) is 0 Å². The van der Waals surface area contributed by atoms with E-state index in [4.69, 9.17) is 9.47 Å². The molecule has 1 rings (SSSR count). The summed E-state index contributed by atoms with van der Waals surface area (Å²) in [6.07, 6.45) is 0.605. The van der Waals surface area contributed by atoms with Crippen molar-refractivity contribution in [2.24, 2.45) is 0 Å². The highest BCUT2D eigenvalue weighted by atomic mass is 16.7. The third-order valence-electron chi connectivity index (χ3n) is 1.57. The van der Waals surface area contributed by atoms with E-state index in [1.165, 1.54) is 0 Å². The Morgan fingerprint density at radius 1 is 1.82 bits per heavy atom. The van der Waals surface area contributed by atoms with E-state index in [-0.39, 0.29) is 6.29 Å². The number of nitrogens with zero attached hydrogens (tertiary/aromatic N) is 1. The molecule has 4 heteroatoms. The molecule has 1 fully saturated rings. The number of carbonyl (C=O) groups is 1. The predicted molar refractivity (Wildman–Crippen MR) is 39.0 cm³/mol. The molecule has 0 spiro atoms. The first-order valence-electron chi connectivity index (χ1n) is 3.79. The van der Waals surface area contributed by atoms with Gasteiger partial charge >= 0.3 is 0 Å². The highest BCUT2D eigenvalue weighted by Gasteiger charge is 2.18. The van der Waals surface area contributed by atoms with Crippen molar-refractivity contribution in [1.82, 2.24) is 4.90 Å². The average Bonchev–Trinajstić information content (AvgIpc) is 2.06. The standard InChI is InChI=1S/C7H13NO3/c1-2-10-7-5-8(6-9)3-4-11-7/h6-7H,2-5H2,1H3. The molecule has 0 N–H and O–H groups in total. The molecule has 0 aromatic heterocycles. The van der Waals surface area contributed by atoms with Crippen molar-refractivity contribution < 1.29 is 14.3 Å². The Morgan fingerprint density at radius 3 is 3.27 bits per heavy atom. The van der Waals surface area contributed by atoms with Gasteiger partial charge in [0.05, 0.1) is 13.2 Å². The molecular formula is C7H13NO3. The molecule has 4 nitrogen and oxygen atoms in total. The average molecular weight is 159 g/mol. The van der Waals surface area contributed by atoms with Gasteiger partial charge in [0.2, 0.25) is 6.41 Å². The van der Waals surface area contributed by atoms with E-state index >= 15 is 0 Å². The van der Waals surface area contributed by atoms with Crippen molar-refractivity contribution >= 4 is 6.41 Å². The van der Waals surface area contributed by atoms with E-state index < -0.39 is 0 Å². The summed E-state index contributed by atoms with van der Waals surface area (Å²) in [5, 5.41) is 0. The Labute approximate surface area is 66.1 Å². The number of morpholine rings is 1. The highest BCUT2D eigenvalue weighted by molar-refractivity contribution is 5.47. The molecule has 1 aliphatic heterocycles. The molecule has 0 radical (unpaired) electrons. The zero-order chi connectivity index (χ0) is 8.10. The van der Waals surface area contributed by atoms with Crippen molar-refractivity contribution in [2.45, 2.75) is 13.2 Å². The molecule has 1 aliphatic rings. The molecule has 1 heterocycles. The Morgan fingerprint density at radius 2 is 2.64 bits per heavy atom. The minimum absolute atomic E-state index is 0.223. The summed E-state index contributed by atoms with van der Waals surface area (Å²) < 4.78 is 10.4. The summed E-state index contributed by atoms with van der Waals surface area (Å²) in [4.78, 5) is 12.0. The zero-order valence-corrected chi connectivity index (χ0v) is 6.66. The monoisotopic (exact) mass is 159 g/mol. The molecule has 0 bridgehead atoms. The number of amides is 1. The number of carbonyl (C=O) groups excluding carboxylic acids is 1. The van der Waals surface area contributed by atoms with Crippen LogP contribution in [-0.2, 0) is 14.3 Å². The second-order valence-corrected chi connectivity index (χ2v) is 2.36. The fourth-order valence-corrected chi connectivity index (χ4v) is 1.02. The van der Waals surface area contributed by atoms with Gasteiger partial charge in [-0.25, -0.2) is 0 Å². The summed E-state index contributed by atoms with van der Waals surface area (Å²) in [5.41, 5.74) is 0. The Hall–Kier alpha value is -0.610. The van der Waals surface area contributed by atoms with Gasteiger partial charge in [0, 0.05) is 13.2 Å². The lowest BCUT2D eigenvalue weighted by Crippen LogP contribution is -2.42. The lowest BCUT2D eigenvalue weighted by atomic mass is 10.4. The summed E-state index contributed by atoms with van der Waals surface area (Å²) in [5.74, 6) is 0. The smallest absolute Gasteiger partial charge is 0.209 e. The van der Waals surface area contributed by atoms with E-state index in [1.54, 1.807) is 4.90 Å². The first-order valence-corrected chi connectivity index (χ1v) is 3.79. The number of hydrogen-bond donors (Lipinski definition) is 0. The number of rotatable bonds is 3. The maximum atomic E-state index is 10.3. The number of hydrogen-bond acceptors (Lipinski definition) is 3. The minimum Gasteiger partial charge on any atom is -0.351 e. The van der Waals surface area contributed by atoms with Crippen molar-refractivity contribution in [3.8, 4) is 0 Å². The van der Waals surface area contributed by atoms with E-state index in [0.717, 1.165) is 6.41 Å². The van der Waals surface area contributed by atoms with E-state index in [0.29, 0.717) is 26.3 Å². The molecule has 0 aliphatic carbocycles. The molecule has 0 saturated carbocycles. The summed E-state index contributed by atoms with van der Waals surface area (Å²) >= 11 is 0. The quantitative estimate of drug-likeness (QED) is 0.537. The minimum atomic E-state index is -0.223. The van der Waals surface area contributed by atoms with Crippen LogP contribution in [0.1, 0.15) is 6.92 Å². The number of ether oxygens (including phenoxy) is 2. The van der Waals surface area contributed by atoms with Crippen LogP contribution in [0.2, 0.25) is 0 Å². The van der Waals surface area contributed by atoms with E-state index in [1.807, 2.05) is 6.92 Å². The van der Waals surface area contributed by atoms with Gasteiger partial charge in [0.25, 0.3) is 0 Å².